The molecule has 9 heteroatoms. The standard InChI is InChI=1S/C22H20F3N5O/c23-22(24,25)18-13-30-19(6-3-7-20(30)29-18)27-15-8-10-16(11-9-15)28-21(31)17-5-2-1-4-14(17)12-26/h1-7,13,15-16,27H,8-11H2,(H,28,31)/t15-,16+. The van der Waals surface area contributed by atoms with Gasteiger partial charge >= 0.3 is 6.18 Å². The molecule has 1 aromatic carbocycles. The van der Waals surface area contributed by atoms with Crippen LogP contribution in [0.25, 0.3) is 5.65 Å². The van der Waals surface area contributed by atoms with E-state index in [1.165, 1.54) is 10.5 Å². The Hall–Kier alpha value is -3.54. The summed E-state index contributed by atoms with van der Waals surface area (Å²) in [5, 5.41) is 15.5. The van der Waals surface area contributed by atoms with Crippen molar-refractivity contribution in [3.8, 4) is 6.07 Å². The molecule has 1 aliphatic carbocycles. The third-order valence-electron chi connectivity index (χ3n) is 5.49. The lowest BCUT2D eigenvalue weighted by atomic mass is 9.91. The summed E-state index contributed by atoms with van der Waals surface area (Å²) in [6.07, 6.45) is -0.540. The maximum atomic E-state index is 13.0. The molecule has 0 bridgehead atoms. The Kier molecular flexibility index (Phi) is 5.55. The van der Waals surface area contributed by atoms with Crippen LogP contribution < -0.4 is 10.6 Å². The maximum Gasteiger partial charge on any atom is 0.434 e. The zero-order valence-corrected chi connectivity index (χ0v) is 16.5. The van der Waals surface area contributed by atoms with Gasteiger partial charge in [-0.2, -0.15) is 18.4 Å². The van der Waals surface area contributed by atoms with Gasteiger partial charge in [-0.25, -0.2) is 4.98 Å². The van der Waals surface area contributed by atoms with Crippen molar-refractivity contribution in [1.29, 1.82) is 5.26 Å². The highest BCUT2D eigenvalue weighted by atomic mass is 19.4. The Bertz CT molecular complexity index is 1140. The van der Waals surface area contributed by atoms with Crippen molar-refractivity contribution >= 4 is 17.4 Å². The van der Waals surface area contributed by atoms with Gasteiger partial charge in [0.15, 0.2) is 5.69 Å². The lowest BCUT2D eigenvalue weighted by Gasteiger charge is -2.30. The first kappa shape index (κ1) is 20.7. The number of halogens is 3. The summed E-state index contributed by atoms with van der Waals surface area (Å²) in [4.78, 5) is 16.2. The molecule has 1 amide bonds. The molecule has 2 N–H and O–H groups in total. The molecule has 4 rings (SSSR count). The molecule has 0 atom stereocenters. The zero-order chi connectivity index (χ0) is 22.0. The number of nitrogens with one attached hydrogen (secondary N) is 2. The van der Waals surface area contributed by atoms with Crippen LogP contribution in [0, 0.1) is 11.3 Å². The van der Waals surface area contributed by atoms with Crippen LogP contribution in [0.2, 0.25) is 0 Å². The maximum absolute atomic E-state index is 13.0. The number of imidazole rings is 1. The van der Waals surface area contributed by atoms with Gasteiger partial charge in [0.1, 0.15) is 11.5 Å². The van der Waals surface area contributed by atoms with E-state index >= 15 is 0 Å². The van der Waals surface area contributed by atoms with Crippen LogP contribution in [-0.4, -0.2) is 27.4 Å². The summed E-state index contributed by atoms with van der Waals surface area (Å²) in [6, 6.07) is 13.7. The first-order valence-corrected chi connectivity index (χ1v) is 9.97. The van der Waals surface area contributed by atoms with Crippen LogP contribution in [0.15, 0.2) is 48.7 Å². The second-order valence-corrected chi connectivity index (χ2v) is 7.59. The first-order valence-electron chi connectivity index (χ1n) is 9.97. The first-order chi connectivity index (χ1) is 14.8. The number of pyridine rings is 1. The van der Waals surface area contributed by atoms with Crippen molar-refractivity contribution in [1.82, 2.24) is 14.7 Å². The molecule has 3 aromatic rings. The van der Waals surface area contributed by atoms with E-state index in [2.05, 4.69) is 15.6 Å². The largest absolute Gasteiger partial charge is 0.434 e. The predicted molar refractivity (Wildman–Crippen MR) is 108 cm³/mol. The smallest absolute Gasteiger partial charge is 0.368 e. The summed E-state index contributed by atoms with van der Waals surface area (Å²) in [6.45, 7) is 0. The molecule has 0 saturated heterocycles. The minimum absolute atomic E-state index is 0.0156. The summed E-state index contributed by atoms with van der Waals surface area (Å²) >= 11 is 0. The third-order valence-corrected chi connectivity index (χ3v) is 5.49. The van der Waals surface area contributed by atoms with Crippen LogP contribution >= 0.6 is 0 Å². The van der Waals surface area contributed by atoms with E-state index in [-0.39, 0.29) is 23.6 Å². The summed E-state index contributed by atoms with van der Waals surface area (Å²) in [5.74, 6) is 0.285. The van der Waals surface area contributed by atoms with Crippen LogP contribution in [-0.2, 0) is 6.18 Å². The number of carbonyl (C=O) groups excluding carboxylic acids is 1. The molecule has 31 heavy (non-hydrogen) atoms. The Morgan fingerprint density at radius 2 is 1.77 bits per heavy atom. The fourth-order valence-electron chi connectivity index (χ4n) is 3.90. The fourth-order valence-corrected chi connectivity index (χ4v) is 3.90. The molecule has 0 radical (unpaired) electrons. The van der Waals surface area contributed by atoms with Crippen molar-refractivity contribution in [2.24, 2.45) is 0 Å². The molecule has 6 nitrogen and oxygen atoms in total. The van der Waals surface area contributed by atoms with E-state index in [0.717, 1.165) is 31.9 Å². The summed E-state index contributed by atoms with van der Waals surface area (Å²) < 4.78 is 40.4. The number of benzene rings is 1. The molecule has 0 unspecified atom stereocenters. The Balaban J connectivity index is 1.38. The number of fused-ring (bicyclic) bond motifs is 1. The molecule has 0 spiro atoms. The Morgan fingerprint density at radius 1 is 1.06 bits per heavy atom. The molecule has 2 heterocycles. The quantitative estimate of drug-likeness (QED) is 0.648. The number of hydrogen-bond acceptors (Lipinski definition) is 4. The van der Waals surface area contributed by atoms with E-state index in [9.17, 15) is 18.0 Å². The second-order valence-electron chi connectivity index (χ2n) is 7.59. The number of carbonyl (C=O) groups is 1. The molecule has 1 saturated carbocycles. The fraction of sp³-hybridized carbons (Fsp3) is 0.318. The normalized spacial score (nSPS) is 19.0. The molecular weight excluding hydrogens is 407 g/mol. The van der Waals surface area contributed by atoms with Crippen molar-refractivity contribution in [2.75, 3.05) is 5.32 Å². The highest BCUT2D eigenvalue weighted by Gasteiger charge is 2.34. The molecule has 1 aliphatic rings. The van der Waals surface area contributed by atoms with E-state index in [1.807, 2.05) is 6.07 Å². The number of nitrogens with zero attached hydrogens (tertiary/aromatic N) is 3. The predicted octanol–water partition coefficient (Wildman–Crippen LogP) is 4.38. The van der Waals surface area contributed by atoms with E-state index in [1.54, 1.807) is 36.4 Å². The summed E-state index contributed by atoms with van der Waals surface area (Å²) in [5.41, 5.74) is -0.000221. The van der Waals surface area contributed by atoms with Crippen LogP contribution in [0.5, 0.6) is 0 Å². The van der Waals surface area contributed by atoms with Gasteiger partial charge in [-0.05, 0) is 49.9 Å². The van der Waals surface area contributed by atoms with Crippen molar-refractivity contribution in [2.45, 2.75) is 43.9 Å². The zero-order valence-electron chi connectivity index (χ0n) is 16.5. The topological polar surface area (TPSA) is 82.2 Å². The van der Waals surface area contributed by atoms with Gasteiger partial charge < -0.3 is 10.6 Å². The van der Waals surface area contributed by atoms with Gasteiger partial charge in [0.05, 0.1) is 17.2 Å². The van der Waals surface area contributed by atoms with E-state index in [0.29, 0.717) is 16.9 Å². The molecular formula is C22H20F3N5O. The third kappa shape index (κ3) is 4.48. The Morgan fingerprint density at radius 3 is 2.48 bits per heavy atom. The van der Waals surface area contributed by atoms with E-state index in [4.69, 9.17) is 5.26 Å². The van der Waals surface area contributed by atoms with Gasteiger partial charge in [0.25, 0.3) is 5.91 Å². The van der Waals surface area contributed by atoms with Crippen LogP contribution in [0.1, 0.15) is 47.3 Å². The minimum atomic E-state index is -4.50. The van der Waals surface area contributed by atoms with Gasteiger partial charge in [-0.1, -0.05) is 18.2 Å². The van der Waals surface area contributed by atoms with Gasteiger partial charge in [-0.15, -0.1) is 0 Å². The van der Waals surface area contributed by atoms with Crippen molar-refractivity contribution < 1.29 is 18.0 Å². The van der Waals surface area contributed by atoms with Gasteiger partial charge in [-0.3, -0.25) is 9.20 Å². The average Bonchev–Trinajstić information content (AvgIpc) is 3.21. The molecule has 0 aliphatic heterocycles. The Labute approximate surface area is 176 Å². The van der Waals surface area contributed by atoms with Crippen molar-refractivity contribution in [3.63, 3.8) is 0 Å². The monoisotopic (exact) mass is 427 g/mol. The number of rotatable bonds is 4. The summed E-state index contributed by atoms with van der Waals surface area (Å²) in [7, 11) is 0. The van der Waals surface area contributed by atoms with E-state index < -0.39 is 11.9 Å². The highest BCUT2D eigenvalue weighted by Crippen LogP contribution is 2.30. The lowest BCUT2D eigenvalue weighted by molar-refractivity contribution is -0.140. The van der Waals surface area contributed by atoms with Gasteiger partial charge in [0.2, 0.25) is 0 Å². The van der Waals surface area contributed by atoms with Crippen LogP contribution in [0.4, 0.5) is 19.0 Å². The lowest BCUT2D eigenvalue weighted by Crippen LogP contribution is -2.40. The number of anilines is 1. The number of alkyl halides is 3. The second kappa shape index (κ2) is 8.30. The minimum Gasteiger partial charge on any atom is -0.368 e. The molecule has 1 fully saturated rings. The SMILES string of the molecule is N#Cc1ccccc1C(=O)N[C@H]1CC[C@@H](Nc2cccc3nc(C(F)(F)F)cn23)CC1. The van der Waals surface area contributed by atoms with Crippen LogP contribution in [0.3, 0.4) is 0 Å². The molecule has 2 aromatic heterocycles. The number of nitriles is 1. The number of amides is 1. The number of hydrogen-bond donors (Lipinski definition) is 2. The van der Waals surface area contributed by atoms with Gasteiger partial charge in [0, 0.05) is 18.3 Å². The number of aromatic nitrogens is 2. The average molecular weight is 427 g/mol. The highest BCUT2D eigenvalue weighted by molar-refractivity contribution is 5.96. The van der Waals surface area contributed by atoms with Crippen molar-refractivity contribution in [3.05, 3.63) is 65.5 Å². The molecule has 160 valence electrons.